The average Bonchev–Trinajstić information content (AvgIpc) is 2.48. The first-order chi connectivity index (χ1) is 9.72. The van der Waals surface area contributed by atoms with Gasteiger partial charge < -0.3 is 14.5 Å². The van der Waals surface area contributed by atoms with Crippen molar-refractivity contribution >= 4 is 21.9 Å². The molecule has 0 aliphatic heterocycles. The van der Waals surface area contributed by atoms with E-state index in [0.29, 0.717) is 27.7 Å². The van der Waals surface area contributed by atoms with E-state index in [9.17, 15) is 4.79 Å². The number of ether oxygens (including phenoxy) is 1. The molecule has 0 aliphatic carbocycles. The highest BCUT2D eigenvalue weighted by Gasteiger charge is 2.09. The Bertz CT molecular complexity index is 836. The summed E-state index contributed by atoms with van der Waals surface area (Å²) in [5.41, 5.74) is 2.18. The topological polar surface area (TPSA) is 51.5 Å². The van der Waals surface area contributed by atoms with Crippen LogP contribution >= 0.6 is 0 Å². The second-order valence-electron chi connectivity index (χ2n) is 4.65. The third kappa shape index (κ3) is 2.04. The minimum absolute atomic E-state index is 0.0122. The van der Waals surface area contributed by atoms with E-state index in [-0.39, 0.29) is 5.43 Å². The minimum Gasteiger partial charge on any atom is -0.497 e. The number of nitrogens with one attached hydrogen (secondary N) is 1. The third-order valence-corrected chi connectivity index (χ3v) is 3.32. The Balaban J connectivity index is 2.32. The molecule has 0 aliphatic rings. The van der Waals surface area contributed by atoms with Crippen molar-refractivity contribution in [3.8, 4) is 5.75 Å². The van der Waals surface area contributed by atoms with Crippen molar-refractivity contribution in [2.45, 2.75) is 6.54 Å². The number of methoxy groups -OCH3 is 1. The van der Waals surface area contributed by atoms with Crippen LogP contribution in [0.25, 0.3) is 21.9 Å². The Morgan fingerprint density at radius 3 is 2.70 bits per heavy atom. The molecule has 1 aromatic heterocycles. The Morgan fingerprint density at radius 2 is 1.95 bits per heavy atom. The van der Waals surface area contributed by atoms with Crippen LogP contribution in [0.5, 0.6) is 5.75 Å². The molecule has 3 rings (SSSR count). The van der Waals surface area contributed by atoms with Crippen LogP contribution in [0, 0.1) is 0 Å². The van der Waals surface area contributed by atoms with Crippen molar-refractivity contribution in [2.24, 2.45) is 0 Å². The van der Waals surface area contributed by atoms with Crippen LogP contribution in [-0.4, -0.2) is 14.2 Å². The number of hydrogen-bond acceptors (Lipinski definition) is 4. The maximum atomic E-state index is 12.5. The van der Waals surface area contributed by atoms with E-state index in [1.54, 1.807) is 25.3 Å². The van der Waals surface area contributed by atoms with Gasteiger partial charge in [-0.25, -0.2) is 0 Å². The zero-order valence-corrected chi connectivity index (χ0v) is 11.4. The lowest BCUT2D eigenvalue weighted by molar-refractivity contribution is 0.414. The quantitative estimate of drug-likeness (QED) is 0.743. The van der Waals surface area contributed by atoms with E-state index in [1.807, 2.05) is 25.2 Å². The molecule has 4 heteroatoms. The Morgan fingerprint density at radius 1 is 1.10 bits per heavy atom. The normalized spacial score (nSPS) is 11.1. The molecule has 20 heavy (non-hydrogen) atoms. The van der Waals surface area contributed by atoms with E-state index in [0.717, 1.165) is 12.1 Å². The molecular weight excluding hydrogens is 254 g/mol. The van der Waals surface area contributed by atoms with E-state index in [2.05, 4.69) is 5.32 Å². The molecule has 2 aromatic carbocycles. The van der Waals surface area contributed by atoms with Gasteiger partial charge in [-0.1, -0.05) is 6.07 Å². The smallest absolute Gasteiger partial charge is 0.200 e. The fraction of sp³-hybridized carbons (Fsp3) is 0.188. The predicted molar refractivity (Wildman–Crippen MR) is 79.3 cm³/mol. The summed E-state index contributed by atoms with van der Waals surface area (Å²) < 4.78 is 11.0. The van der Waals surface area contributed by atoms with Gasteiger partial charge in [0.25, 0.3) is 0 Å². The standard InChI is InChI=1S/C16H15NO3/c1-17-9-10-3-6-14-13(7-10)16(18)12-5-4-11(19-2)8-15(12)20-14/h3-8,17H,9H2,1-2H3. The van der Waals surface area contributed by atoms with Gasteiger partial charge in [0.05, 0.1) is 17.9 Å². The molecule has 0 saturated heterocycles. The molecule has 0 bridgehead atoms. The second-order valence-corrected chi connectivity index (χ2v) is 4.65. The van der Waals surface area contributed by atoms with Gasteiger partial charge in [0.2, 0.25) is 5.43 Å². The number of fused-ring (bicyclic) bond motifs is 2. The van der Waals surface area contributed by atoms with Gasteiger partial charge in [0.15, 0.2) is 0 Å². The van der Waals surface area contributed by atoms with Crippen LogP contribution in [0.1, 0.15) is 5.56 Å². The molecule has 0 fully saturated rings. The first-order valence-electron chi connectivity index (χ1n) is 6.41. The molecule has 3 aromatic rings. The Labute approximate surface area is 116 Å². The lowest BCUT2D eigenvalue weighted by Crippen LogP contribution is -2.07. The summed E-state index contributed by atoms with van der Waals surface area (Å²) in [5, 5.41) is 4.25. The number of hydrogen-bond donors (Lipinski definition) is 1. The average molecular weight is 269 g/mol. The Hall–Kier alpha value is -2.33. The van der Waals surface area contributed by atoms with Gasteiger partial charge in [-0.2, -0.15) is 0 Å². The zero-order chi connectivity index (χ0) is 14.1. The van der Waals surface area contributed by atoms with E-state index < -0.39 is 0 Å². The molecule has 1 N–H and O–H groups in total. The van der Waals surface area contributed by atoms with Crippen LogP contribution in [-0.2, 0) is 6.54 Å². The maximum Gasteiger partial charge on any atom is 0.200 e. The zero-order valence-electron chi connectivity index (χ0n) is 11.4. The van der Waals surface area contributed by atoms with Crippen LogP contribution in [0.2, 0.25) is 0 Å². The summed E-state index contributed by atoms with van der Waals surface area (Å²) in [6.45, 7) is 0.718. The lowest BCUT2D eigenvalue weighted by Gasteiger charge is -2.05. The summed E-state index contributed by atoms with van der Waals surface area (Å²) in [6, 6.07) is 10.9. The predicted octanol–water partition coefficient (Wildman–Crippen LogP) is 2.67. The minimum atomic E-state index is -0.0122. The maximum absolute atomic E-state index is 12.5. The van der Waals surface area contributed by atoms with E-state index >= 15 is 0 Å². The lowest BCUT2D eigenvalue weighted by atomic mass is 10.1. The summed E-state index contributed by atoms with van der Waals surface area (Å²) >= 11 is 0. The van der Waals surface area contributed by atoms with E-state index in [4.69, 9.17) is 9.15 Å². The third-order valence-electron chi connectivity index (χ3n) is 3.32. The molecule has 0 saturated carbocycles. The fourth-order valence-electron chi connectivity index (χ4n) is 2.32. The molecule has 0 atom stereocenters. The molecular formula is C16H15NO3. The summed E-state index contributed by atoms with van der Waals surface area (Å²) in [7, 11) is 3.46. The van der Waals surface area contributed by atoms with Gasteiger partial charge in [0.1, 0.15) is 16.9 Å². The van der Waals surface area contributed by atoms with Gasteiger partial charge in [-0.05, 0) is 36.9 Å². The second kappa shape index (κ2) is 4.98. The number of benzene rings is 2. The molecule has 0 unspecified atom stereocenters. The highest BCUT2D eigenvalue weighted by Crippen LogP contribution is 2.23. The highest BCUT2D eigenvalue weighted by molar-refractivity contribution is 5.90. The molecule has 0 spiro atoms. The molecule has 0 amide bonds. The van der Waals surface area contributed by atoms with Gasteiger partial charge in [-0.3, -0.25) is 4.79 Å². The highest BCUT2D eigenvalue weighted by atomic mass is 16.5. The largest absolute Gasteiger partial charge is 0.497 e. The first-order valence-corrected chi connectivity index (χ1v) is 6.41. The fourth-order valence-corrected chi connectivity index (χ4v) is 2.32. The monoisotopic (exact) mass is 269 g/mol. The van der Waals surface area contributed by atoms with Gasteiger partial charge >= 0.3 is 0 Å². The van der Waals surface area contributed by atoms with Crippen LogP contribution < -0.4 is 15.5 Å². The molecule has 1 heterocycles. The Kier molecular flexibility index (Phi) is 3.16. The molecule has 0 radical (unpaired) electrons. The van der Waals surface area contributed by atoms with Gasteiger partial charge in [0, 0.05) is 12.6 Å². The van der Waals surface area contributed by atoms with Gasteiger partial charge in [-0.15, -0.1) is 0 Å². The van der Waals surface area contributed by atoms with E-state index in [1.165, 1.54) is 0 Å². The van der Waals surface area contributed by atoms with Crippen molar-refractivity contribution in [3.05, 3.63) is 52.2 Å². The van der Waals surface area contributed by atoms with Crippen molar-refractivity contribution in [1.29, 1.82) is 0 Å². The summed E-state index contributed by atoms with van der Waals surface area (Å²) in [4.78, 5) is 12.5. The van der Waals surface area contributed by atoms with Crippen molar-refractivity contribution in [3.63, 3.8) is 0 Å². The molecule has 102 valence electrons. The first kappa shape index (κ1) is 12.7. The van der Waals surface area contributed by atoms with Crippen molar-refractivity contribution in [2.75, 3.05) is 14.2 Å². The van der Waals surface area contributed by atoms with Crippen molar-refractivity contribution in [1.82, 2.24) is 5.32 Å². The van der Waals surface area contributed by atoms with Crippen LogP contribution in [0.4, 0.5) is 0 Å². The summed E-state index contributed by atoms with van der Waals surface area (Å²) in [6.07, 6.45) is 0. The van der Waals surface area contributed by atoms with Crippen LogP contribution in [0.3, 0.4) is 0 Å². The van der Waals surface area contributed by atoms with Crippen LogP contribution in [0.15, 0.2) is 45.6 Å². The molecule has 4 nitrogen and oxygen atoms in total. The number of rotatable bonds is 3. The summed E-state index contributed by atoms with van der Waals surface area (Å²) in [5.74, 6) is 0.673. The SMILES string of the molecule is CNCc1ccc2oc3cc(OC)ccc3c(=O)c2c1. The van der Waals surface area contributed by atoms with Crippen molar-refractivity contribution < 1.29 is 9.15 Å².